The summed E-state index contributed by atoms with van der Waals surface area (Å²) in [5.74, 6) is -0.0917. The van der Waals surface area contributed by atoms with E-state index in [9.17, 15) is 9.90 Å². The Labute approximate surface area is 162 Å². The number of H-pyrrole nitrogens is 1. The number of nitrogens with two attached hydrogens (primary N) is 1. The molecule has 6 heteroatoms. The summed E-state index contributed by atoms with van der Waals surface area (Å²) < 4.78 is 1.73. The number of nitrogens with zero attached hydrogens (tertiary/aromatic N) is 1. The molecule has 0 saturated carbocycles. The summed E-state index contributed by atoms with van der Waals surface area (Å²) in [7, 11) is 0. The van der Waals surface area contributed by atoms with Crippen LogP contribution in [0.15, 0.2) is 53.3 Å². The molecule has 0 fully saturated rings. The van der Waals surface area contributed by atoms with Gasteiger partial charge in [-0.1, -0.05) is 43.3 Å². The fourth-order valence-corrected chi connectivity index (χ4v) is 4.09. The Morgan fingerprint density at radius 2 is 1.96 bits per heavy atom. The molecular formula is C21H22N3O2S+. The Hall–Kier alpha value is -2.70. The maximum Gasteiger partial charge on any atom is 0.265 e. The average Bonchev–Trinajstić information content (AvgIpc) is 2.68. The van der Waals surface area contributed by atoms with Gasteiger partial charge in [-0.15, -0.1) is 0 Å². The lowest BCUT2D eigenvalue weighted by Gasteiger charge is -2.24. The first-order valence-corrected chi connectivity index (χ1v) is 9.59. The normalized spacial score (nSPS) is 16.1. The molecule has 0 bridgehead atoms. The van der Waals surface area contributed by atoms with Crippen LogP contribution in [0, 0.1) is 4.77 Å². The number of rotatable bonds is 3. The van der Waals surface area contributed by atoms with Crippen molar-refractivity contribution < 1.29 is 10.4 Å². The largest absolute Gasteiger partial charge is 0.494 e. The smallest absolute Gasteiger partial charge is 0.265 e. The molecular weight excluding hydrogens is 358 g/mol. The summed E-state index contributed by atoms with van der Waals surface area (Å²) in [5, 5.41) is 13.2. The molecule has 138 valence electrons. The van der Waals surface area contributed by atoms with Crippen molar-refractivity contribution >= 4 is 12.2 Å². The quantitative estimate of drug-likeness (QED) is 0.611. The highest BCUT2D eigenvalue weighted by Crippen LogP contribution is 2.29. The summed E-state index contributed by atoms with van der Waals surface area (Å²) >= 11 is 5.35. The van der Waals surface area contributed by atoms with E-state index in [-0.39, 0.29) is 22.3 Å². The number of aromatic hydroxyl groups is 1. The third kappa shape index (κ3) is 3.11. The molecule has 1 aliphatic heterocycles. The Balaban J connectivity index is 1.91. The molecule has 1 aliphatic rings. The van der Waals surface area contributed by atoms with Crippen LogP contribution in [0.25, 0.3) is 5.69 Å². The van der Waals surface area contributed by atoms with Crippen LogP contribution in [0.4, 0.5) is 0 Å². The average molecular weight is 380 g/mol. The van der Waals surface area contributed by atoms with Crippen LogP contribution >= 0.6 is 12.2 Å². The maximum atomic E-state index is 12.7. The van der Waals surface area contributed by atoms with E-state index in [1.165, 1.54) is 15.7 Å². The fraction of sp³-hybridized carbons (Fsp3) is 0.238. The van der Waals surface area contributed by atoms with Gasteiger partial charge in [-0.3, -0.25) is 14.3 Å². The van der Waals surface area contributed by atoms with Crippen molar-refractivity contribution in [3.8, 4) is 11.6 Å². The number of benzene rings is 2. The zero-order valence-corrected chi connectivity index (χ0v) is 15.9. The number of fused-ring (bicyclic) bond motifs is 1. The van der Waals surface area contributed by atoms with Crippen molar-refractivity contribution in [2.75, 3.05) is 6.54 Å². The van der Waals surface area contributed by atoms with Crippen molar-refractivity contribution in [3.05, 3.63) is 85.9 Å². The van der Waals surface area contributed by atoms with Gasteiger partial charge in [0.2, 0.25) is 5.88 Å². The number of aromatic nitrogens is 2. The van der Waals surface area contributed by atoms with Crippen LogP contribution < -0.4 is 10.9 Å². The molecule has 0 spiro atoms. The van der Waals surface area contributed by atoms with Gasteiger partial charge in [0.25, 0.3) is 5.56 Å². The maximum absolute atomic E-state index is 12.7. The summed E-state index contributed by atoms with van der Waals surface area (Å²) in [6, 6.07) is 15.7. The van der Waals surface area contributed by atoms with Crippen LogP contribution in [0.2, 0.25) is 0 Å². The second-order valence-electron chi connectivity index (χ2n) is 6.80. The van der Waals surface area contributed by atoms with Crippen LogP contribution in [0.5, 0.6) is 5.88 Å². The van der Waals surface area contributed by atoms with E-state index < -0.39 is 0 Å². The van der Waals surface area contributed by atoms with Crippen molar-refractivity contribution in [3.63, 3.8) is 0 Å². The zero-order chi connectivity index (χ0) is 19.0. The predicted molar refractivity (Wildman–Crippen MR) is 107 cm³/mol. The van der Waals surface area contributed by atoms with E-state index in [4.69, 9.17) is 12.2 Å². The highest BCUT2D eigenvalue weighted by Gasteiger charge is 2.31. The van der Waals surface area contributed by atoms with Crippen LogP contribution in [-0.2, 0) is 12.8 Å². The summed E-state index contributed by atoms with van der Waals surface area (Å²) in [5.41, 5.74) is 4.21. The fourth-order valence-electron chi connectivity index (χ4n) is 3.81. The molecule has 0 unspecified atom stereocenters. The van der Waals surface area contributed by atoms with E-state index >= 15 is 0 Å². The lowest BCUT2D eigenvalue weighted by Crippen LogP contribution is -2.87. The zero-order valence-electron chi connectivity index (χ0n) is 15.1. The van der Waals surface area contributed by atoms with Crippen LogP contribution in [-0.4, -0.2) is 21.2 Å². The van der Waals surface area contributed by atoms with E-state index in [2.05, 4.69) is 23.3 Å². The Kier molecular flexibility index (Phi) is 4.68. The number of hydrogen-bond acceptors (Lipinski definition) is 3. The molecule has 3 aromatic rings. The van der Waals surface area contributed by atoms with Gasteiger partial charge in [0.15, 0.2) is 4.77 Å². The van der Waals surface area contributed by atoms with Gasteiger partial charge in [-0.05, 0) is 41.9 Å². The summed E-state index contributed by atoms with van der Waals surface area (Å²) in [4.78, 5) is 15.5. The minimum Gasteiger partial charge on any atom is -0.494 e. The van der Waals surface area contributed by atoms with Gasteiger partial charge < -0.3 is 10.4 Å². The molecule has 2 aromatic carbocycles. The van der Waals surface area contributed by atoms with E-state index in [0.717, 1.165) is 30.6 Å². The second-order valence-corrected chi connectivity index (χ2v) is 7.19. The number of hydrogen-bond donors (Lipinski definition) is 3. The van der Waals surface area contributed by atoms with Crippen molar-refractivity contribution in [2.45, 2.75) is 25.8 Å². The standard InChI is InChI=1S/C21H21N3O2S/c1-2-13-7-9-15(10-8-13)24-20(26)17(19(25)23-21(24)27)18-16-6-4-3-5-14(16)11-12-22-18/h3-10,18,22,26H,2,11-12H2,1H3,(H,23,25,27)/p+1/t18-/m0/s1. The second kappa shape index (κ2) is 7.13. The number of nitrogens with one attached hydrogen (secondary N) is 1. The van der Waals surface area contributed by atoms with E-state index in [0.29, 0.717) is 5.56 Å². The van der Waals surface area contributed by atoms with Gasteiger partial charge in [0.05, 0.1) is 12.2 Å². The first-order valence-electron chi connectivity index (χ1n) is 9.18. The topological polar surface area (TPSA) is 74.6 Å². The molecule has 1 aromatic heterocycles. The number of aromatic amines is 1. The molecule has 4 rings (SSSR count). The highest BCUT2D eigenvalue weighted by molar-refractivity contribution is 7.71. The first kappa shape index (κ1) is 17.7. The minimum absolute atomic E-state index is 0.0917. The van der Waals surface area contributed by atoms with Crippen molar-refractivity contribution in [1.82, 2.24) is 9.55 Å². The monoisotopic (exact) mass is 380 g/mol. The third-order valence-electron chi connectivity index (χ3n) is 5.24. The molecule has 4 N–H and O–H groups in total. The van der Waals surface area contributed by atoms with Gasteiger partial charge >= 0.3 is 0 Å². The third-order valence-corrected chi connectivity index (χ3v) is 5.53. The van der Waals surface area contributed by atoms with Crippen LogP contribution in [0.1, 0.15) is 35.2 Å². The molecule has 0 radical (unpaired) electrons. The van der Waals surface area contributed by atoms with Crippen molar-refractivity contribution in [2.24, 2.45) is 0 Å². The van der Waals surface area contributed by atoms with Gasteiger partial charge in [-0.2, -0.15) is 0 Å². The van der Waals surface area contributed by atoms with Crippen LogP contribution in [0.3, 0.4) is 0 Å². The molecule has 2 heterocycles. The van der Waals surface area contributed by atoms with E-state index in [1.807, 2.05) is 42.5 Å². The highest BCUT2D eigenvalue weighted by atomic mass is 32.1. The molecule has 0 aliphatic carbocycles. The van der Waals surface area contributed by atoms with Gasteiger partial charge in [-0.25, -0.2) is 0 Å². The number of aryl methyl sites for hydroxylation is 1. The minimum atomic E-state index is -0.336. The molecule has 27 heavy (non-hydrogen) atoms. The SMILES string of the molecule is CCc1ccc(-n2c(O)c([C@H]3[NH2+]CCc4ccccc43)c(=O)[nH]c2=S)cc1. The van der Waals surface area contributed by atoms with Gasteiger partial charge in [0.1, 0.15) is 11.6 Å². The van der Waals surface area contributed by atoms with E-state index in [1.54, 1.807) is 0 Å². The Morgan fingerprint density at radius 1 is 1.22 bits per heavy atom. The lowest BCUT2D eigenvalue weighted by atomic mass is 9.90. The van der Waals surface area contributed by atoms with Gasteiger partial charge in [0, 0.05) is 12.0 Å². The Morgan fingerprint density at radius 3 is 2.70 bits per heavy atom. The Bertz CT molecular complexity index is 1100. The first-order chi connectivity index (χ1) is 13.1. The summed E-state index contributed by atoms with van der Waals surface area (Å²) in [6.07, 6.45) is 1.88. The lowest BCUT2D eigenvalue weighted by molar-refractivity contribution is -0.690. The molecule has 1 atom stereocenters. The van der Waals surface area contributed by atoms with Crippen molar-refractivity contribution in [1.29, 1.82) is 0 Å². The summed E-state index contributed by atoms with van der Waals surface area (Å²) in [6.45, 7) is 2.95. The molecule has 0 amide bonds. The molecule has 5 nitrogen and oxygen atoms in total. The number of quaternary nitrogens is 1. The predicted octanol–water partition coefficient (Wildman–Crippen LogP) is 2.37. The molecule has 0 saturated heterocycles.